The molecule has 1 rings (SSSR count). The molecule has 1 heterocycles. The van der Waals surface area contributed by atoms with E-state index < -0.39 is 0 Å². The van der Waals surface area contributed by atoms with E-state index in [-0.39, 0.29) is 18.0 Å². The Labute approximate surface area is 123 Å². The van der Waals surface area contributed by atoms with Gasteiger partial charge in [0.1, 0.15) is 0 Å². The van der Waals surface area contributed by atoms with E-state index in [1.807, 2.05) is 32.5 Å². The van der Waals surface area contributed by atoms with Crippen molar-refractivity contribution in [3.63, 3.8) is 0 Å². The van der Waals surface area contributed by atoms with Gasteiger partial charge in [0.25, 0.3) is 0 Å². The molecule has 0 saturated carbocycles. The van der Waals surface area contributed by atoms with Crippen molar-refractivity contribution >= 4 is 21.8 Å². The van der Waals surface area contributed by atoms with Gasteiger partial charge < -0.3 is 10.6 Å². The summed E-state index contributed by atoms with van der Waals surface area (Å²) in [6, 6.07) is -0.0684. The lowest BCUT2D eigenvalue weighted by Crippen LogP contribution is -2.44. The average Bonchev–Trinajstić information content (AvgIpc) is 2.60. The third kappa shape index (κ3) is 4.31. The average molecular weight is 331 g/mol. The van der Waals surface area contributed by atoms with Gasteiger partial charge in [-0.25, -0.2) is 0 Å². The van der Waals surface area contributed by atoms with Crippen LogP contribution in [0, 0.1) is 0 Å². The standard InChI is InChI=1S/C13H23BrN4O/c1-6-10-12(14)11(18(5)17-10)7-15-9(4)13(19)16-8(2)3/h8-9,15H,6-7H2,1-5H3,(H,16,19). The number of nitrogens with one attached hydrogen (secondary N) is 2. The molecule has 1 unspecified atom stereocenters. The molecule has 0 aromatic carbocycles. The highest BCUT2D eigenvalue weighted by Crippen LogP contribution is 2.21. The van der Waals surface area contributed by atoms with Gasteiger partial charge in [0.05, 0.1) is 21.9 Å². The molecule has 6 heteroatoms. The predicted molar refractivity (Wildman–Crippen MR) is 79.9 cm³/mol. The van der Waals surface area contributed by atoms with Gasteiger partial charge in [-0.3, -0.25) is 9.48 Å². The van der Waals surface area contributed by atoms with E-state index in [2.05, 4.69) is 38.6 Å². The van der Waals surface area contributed by atoms with Crippen molar-refractivity contribution in [2.45, 2.75) is 52.7 Å². The third-order valence-electron chi connectivity index (χ3n) is 2.90. The Balaban J connectivity index is 2.62. The fourth-order valence-electron chi connectivity index (χ4n) is 1.76. The first-order valence-corrected chi connectivity index (χ1v) is 7.40. The summed E-state index contributed by atoms with van der Waals surface area (Å²) in [4.78, 5) is 11.8. The number of hydrogen-bond donors (Lipinski definition) is 2. The number of aromatic nitrogens is 2. The van der Waals surface area contributed by atoms with Gasteiger partial charge >= 0.3 is 0 Å². The van der Waals surface area contributed by atoms with Crippen molar-refractivity contribution in [2.24, 2.45) is 7.05 Å². The van der Waals surface area contributed by atoms with Crippen LogP contribution < -0.4 is 10.6 Å². The molecule has 108 valence electrons. The van der Waals surface area contributed by atoms with Gasteiger partial charge in [-0.15, -0.1) is 0 Å². The van der Waals surface area contributed by atoms with Gasteiger partial charge in [0.2, 0.25) is 5.91 Å². The largest absolute Gasteiger partial charge is 0.353 e. The highest BCUT2D eigenvalue weighted by atomic mass is 79.9. The molecule has 0 spiro atoms. The summed E-state index contributed by atoms with van der Waals surface area (Å²) in [5.41, 5.74) is 2.10. The van der Waals surface area contributed by atoms with E-state index in [4.69, 9.17) is 0 Å². The summed E-state index contributed by atoms with van der Waals surface area (Å²) in [5, 5.41) is 10.5. The van der Waals surface area contributed by atoms with Crippen molar-refractivity contribution in [3.8, 4) is 0 Å². The second kappa shape index (κ2) is 7.05. The number of amides is 1. The van der Waals surface area contributed by atoms with Crippen LogP contribution in [0.4, 0.5) is 0 Å². The van der Waals surface area contributed by atoms with Crippen molar-refractivity contribution in [2.75, 3.05) is 0 Å². The zero-order valence-corrected chi connectivity index (χ0v) is 13.8. The lowest BCUT2D eigenvalue weighted by Gasteiger charge is -2.16. The second-order valence-electron chi connectivity index (χ2n) is 4.95. The molecular weight excluding hydrogens is 308 g/mol. The maximum atomic E-state index is 11.8. The quantitative estimate of drug-likeness (QED) is 0.835. The van der Waals surface area contributed by atoms with Crippen LogP contribution in [0.15, 0.2) is 4.47 Å². The van der Waals surface area contributed by atoms with Gasteiger partial charge in [-0.1, -0.05) is 6.92 Å². The Bertz CT molecular complexity index is 442. The molecule has 1 amide bonds. The molecule has 0 aliphatic rings. The van der Waals surface area contributed by atoms with Crippen LogP contribution in [0.5, 0.6) is 0 Å². The molecule has 0 radical (unpaired) electrons. The minimum Gasteiger partial charge on any atom is -0.353 e. The van der Waals surface area contributed by atoms with Crippen molar-refractivity contribution < 1.29 is 4.79 Å². The number of carbonyl (C=O) groups excluding carboxylic acids is 1. The van der Waals surface area contributed by atoms with Gasteiger partial charge in [-0.05, 0) is 43.1 Å². The van der Waals surface area contributed by atoms with Gasteiger partial charge in [0.15, 0.2) is 0 Å². The Morgan fingerprint density at radius 3 is 2.53 bits per heavy atom. The monoisotopic (exact) mass is 330 g/mol. The van der Waals surface area contributed by atoms with E-state index >= 15 is 0 Å². The van der Waals surface area contributed by atoms with Gasteiger partial charge in [-0.2, -0.15) is 5.10 Å². The molecule has 2 N–H and O–H groups in total. The zero-order valence-electron chi connectivity index (χ0n) is 12.2. The topological polar surface area (TPSA) is 59.0 Å². The minimum atomic E-state index is -0.228. The first-order valence-electron chi connectivity index (χ1n) is 6.60. The Morgan fingerprint density at radius 1 is 1.42 bits per heavy atom. The summed E-state index contributed by atoms with van der Waals surface area (Å²) in [6.07, 6.45) is 0.887. The molecule has 1 aromatic heterocycles. The summed E-state index contributed by atoms with van der Waals surface area (Å²) >= 11 is 3.57. The van der Waals surface area contributed by atoms with Crippen LogP contribution in [-0.4, -0.2) is 27.8 Å². The van der Waals surface area contributed by atoms with Crippen LogP contribution in [0.2, 0.25) is 0 Å². The van der Waals surface area contributed by atoms with E-state index in [1.165, 1.54) is 0 Å². The zero-order chi connectivity index (χ0) is 14.6. The molecule has 0 bridgehead atoms. The second-order valence-corrected chi connectivity index (χ2v) is 5.74. The number of nitrogens with zero attached hydrogens (tertiary/aromatic N) is 2. The predicted octanol–water partition coefficient (Wildman–Crippen LogP) is 1.75. The summed E-state index contributed by atoms with van der Waals surface area (Å²) in [6.45, 7) is 8.45. The van der Waals surface area contributed by atoms with Gasteiger partial charge in [0, 0.05) is 19.6 Å². The SMILES string of the molecule is CCc1nn(C)c(CNC(C)C(=O)NC(C)C)c1Br. The number of aryl methyl sites for hydroxylation is 2. The normalized spacial score (nSPS) is 12.8. The van der Waals surface area contributed by atoms with Crippen molar-refractivity contribution in [1.29, 1.82) is 0 Å². The summed E-state index contributed by atoms with van der Waals surface area (Å²) in [7, 11) is 1.92. The molecule has 1 aromatic rings. The lowest BCUT2D eigenvalue weighted by molar-refractivity contribution is -0.123. The molecule has 0 fully saturated rings. The number of halogens is 1. The molecular formula is C13H23BrN4O. The number of rotatable bonds is 6. The molecule has 19 heavy (non-hydrogen) atoms. The lowest BCUT2D eigenvalue weighted by atomic mass is 10.2. The number of carbonyl (C=O) groups is 1. The van der Waals surface area contributed by atoms with E-state index in [0.29, 0.717) is 6.54 Å². The Kier molecular flexibility index (Phi) is 6.00. The molecule has 1 atom stereocenters. The first kappa shape index (κ1) is 16.2. The molecule has 5 nitrogen and oxygen atoms in total. The maximum absolute atomic E-state index is 11.8. The van der Waals surface area contributed by atoms with E-state index in [0.717, 1.165) is 22.3 Å². The fourth-order valence-corrected chi connectivity index (χ4v) is 2.52. The summed E-state index contributed by atoms with van der Waals surface area (Å²) < 4.78 is 2.88. The van der Waals surface area contributed by atoms with Crippen molar-refractivity contribution in [1.82, 2.24) is 20.4 Å². The van der Waals surface area contributed by atoms with Crippen LogP contribution >= 0.6 is 15.9 Å². The highest BCUT2D eigenvalue weighted by Gasteiger charge is 2.16. The Hall–Kier alpha value is -0.880. The first-order chi connectivity index (χ1) is 8.86. The molecule has 0 saturated heterocycles. The van der Waals surface area contributed by atoms with E-state index in [9.17, 15) is 4.79 Å². The van der Waals surface area contributed by atoms with Crippen LogP contribution in [-0.2, 0) is 24.8 Å². The highest BCUT2D eigenvalue weighted by molar-refractivity contribution is 9.10. The smallest absolute Gasteiger partial charge is 0.237 e. The fraction of sp³-hybridized carbons (Fsp3) is 0.692. The molecule has 0 aliphatic carbocycles. The molecule has 0 aliphatic heterocycles. The maximum Gasteiger partial charge on any atom is 0.237 e. The van der Waals surface area contributed by atoms with Crippen LogP contribution in [0.1, 0.15) is 39.1 Å². The van der Waals surface area contributed by atoms with Crippen LogP contribution in [0.3, 0.4) is 0 Å². The number of hydrogen-bond acceptors (Lipinski definition) is 3. The van der Waals surface area contributed by atoms with E-state index in [1.54, 1.807) is 0 Å². The third-order valence-corrected chi connectivity index (χ3v) is 3.82. The van der Waals surface area contributed by atoms with Crippen molar-refractivity contribution in [3.05, 3.63) is 15.9 Å². The minimum absolute atomic E-state index is 0.0176. The van der Waals surface area contributed by atoms with Crippen LogP contribution in [0.25, 0.3) is 0 Å². The Morgan fingerprint density at radius 2 is 2.05 bits per heavy atom. The summed E-state index contributed by atoms with van der Waals surface area (Å²) in [5.74, 6) is 0.0176.